The molecule has 0 radical (unpaired) electrons. The molecule has 1 N–H and O–H groups in total. The summed E-state index contributed by atoms with van der Waals surface area (Å²) in [7, 11) is -1.85. The molecule has 2 aromatic heterocycles. The quantitative estimate of drug-likeness (QED) is 0.697. The molecule has 0 aliphatic carbocycles. The molecule has 0 unspecified atom stereocenters. The first-order valence-electron chi connectivity index (χ1n) is 7.22. The van der Waals surface area contributed by atoms with Crippen molar-refractivity contribution in [3.63, 3.8) is 0 Å². The molecule has 3 rings (SSSR count). The van der Waals surface area contributed by atoms with E-state index in [1.165, 1.54) is 11.3 Å². The average Bonchev–Trinajstić information content (AvgIpc) is 3.27. The van der Waals surface area contributed by atoms with Crippen LogP contribution in [0.5, 0.6) is 5.75 Å². The second-order valence-corrected chi connectivity index (χ2v) is 7.94. The van der Waals surface area contributed by atoms with Crippen molar-refractivity contribution in [3.8, 4) is 17.1 Å². The predicted octanol–water partition coefficient (Wildman–Crippen LogP) is 2.93. The van der Waals surface area contributed by atoms with E-state index in [0.717, 1.165) is 11.3 Å². The minimum Gasteiger partial charge on any atom is -0.497 e. The number of ether oxygens (including phenoxy) is 1. The molecule has 0 aliphatic heterocycles. The van der Waals surface area contributed by atoms with Gasteiger partial charge in [0.15, 0.2) is 5.76 Å². The summed E-state index contributed by atoms with van der Waals surface area (Å²) >= 11 is 1.18. The largest absolute Gasteiger partial charge is 0.497 e. The lowest BCUT2D eigenvalue weighted by Crippen LogP contribution is -2.25. The third-order valence-corrected chi connectivity index (χ3v) is 6.20. The number of methoxy groups -OCH3 is 1. The van der Waals surface area contributed by atoms with Crippen LogP contribution in [0.1, 0.15) is 5.69 Å². The maximum absolute atomic E-state index is 12.0. The van der Waals surface area contributed by atoms with Crippen LogP contribution in [-0.4, -0.2) is 27.2 Å². The molecule has 2 heterocycles. The fraction of sp³-hybridized carbons (Fsp3) is 0.188. The molecular weight excluding hydrogens is 348 g/mol. The summed E-state index contributed by atoms with van der Waals surface area (Å²) in [5, 5.41) is 5.71. The number of thiophene rings is 1. The molecule has 0 aliphatic rings. The summed E-state index contributed by atoms with van der Waals surface area (Å²) < 4.78 is 37.4. The molecule has 1 aromatic carbocycles. The van der Waals surface area contributed by atoms with Gasteiger partial charge in [-0.05, 0) is 23.6 Å². The number of nitrogens with one attached hydrogen (secondary N) is 1. The van der Waals surface area contributed by atoms with Crippen LogP contribution >= 0.6 is 11.3 Å². The number of aromatic nitrogens is 1. The molecule has 0 amide bonds. The third-order valence-electron chi connectivity index (χ3n) is 3.35. The summed E-state index contributed by atoms with van der Waals surface area (Å²) in [4.78, 5) is 0. The fourth-order valence-electron chi connectivity index (χ4n) is 2.14. The van der Waals surface area contributed by atoms with Crippen molar-refractivity contribution in [2.75, 3.05) is 13.7 Å². The van der Waals surface area contributed by atoms with Gasteiger partial charge < -0.3 is 9.26 Å². The first kappa shape index (κ1) is 16.7. The first-order chi connectivity index (χ1) is 11.6. The highest BCUT2D eigenvalue weighted by molar-refractivity contribution is 7.91. The molecule has 0 bridgehead atoms. The van der Waals surface area contributed by atoms with Gasteiger partial charge in [0.1, 0.15) is 9.96 Å². The minimum absolute atomic E-state index is 0.254. The number of rotatable bonds is 7. The van der Waals surface area contributed by atoms with E-state index >= 15 is 0 Å². The predicted molar refractivity (Wildman–Crippen MR) is 91.7 cm³/mol. The Morgan fingerprint density at radius 2 is 2.12 bits per heavy atom. The monoisotopic (exact) mass is 364 g/mol. The Hall–Kier alpha value is -2.16. The molecule has 0 fully saturated rings. The second-order valence-electron chi connectivity index (χ2n) is 4.99. The van der Waals surface area contributed by atoms with Crippen LogP contribution in [0.4, 0.5) is 0 Å². The molecule has 0 atom stereocenters. The van der Waals surface area contributed by atoms with E-state index < -0.39 is 10.0 Å². The highest BCUT2D eigenvalue weighted by Crippen LogP contribution is 2.24. The van der Waals surface area contributed by atoms with E-state index in [1.54, 1.807) is 30.7 Å². The first-order valence-corrected chi connectivity index (χ1v) is 9.58. The summed E-state index contributed by atoms with van der Waals surface area (Å²) in [6.07, 6.45) is 0.443. The molecule has 8 heteroatoms. The molecule has 24 heavy (non-hydrogen) atoms. The van der Waals surface area contributed by atoms with Crippen LogP contribution in [0.15, 0.2) is 56.6 Å². The maximum Gasteiger partial charge on any atom is 0.250 e. The Balaban J connectivity index is 1.62. The van der Waals surface area contributed by atoms with E-state index in [1.807, 2.05) is 24.3 Å². The van der Waals surface area contributed by atoms with Gasteiger partial charge in [-0.15, -0.1) is 11.3 Å². The Kier molecular flexibility index (Phi) is 4.98. The van der Waals surface area contributed by atoms with Crippen molar-refractivity contribution in [3.05, 3.63) is 53.5 Å². The summed E-state index contributed by atoms with van der Waals surface area (Å²) in [5.41, 5.74) is 1.54. The smallest absolute Gasteiger partial charge is 0.250 e. The Bertz CT molecular complexity index is 902. The van der Waals surface area contributed by atoms with Gasteiger partial charge in [0.2, 0.25) is 10.0 Å². The van der Waals surface area contributed by atoms with Crippen molar-refractivity contribution in [1.82, 2.24) is 9.88 Å². The second kappa shape index (κ2) is 7.16. The Morgan fingerprint density at radius 3 is 2.88 bits per heavy atom. The topological polar surface area (TPSA) is 81.4 Å². The Labute approximate surface area is 144 Å². The van der Waals surface area contributed by atoms with E-state index in [9.17, 15) is 8.42 Å². The van der Waals surface area contributed by atoms with Gasteiger partial charge in [-0.3, -0.25) is 0 Å². The lowest BCUT2D eigenvalue weighted by Gasteiger charge is -2.02. The van der Waals surface area contributed by atoms with Crippen LogP contribution in [-0.2, 0) is 16.4 Å². The zero-order valence-electron chi connectivity index (χ0n) is 12.9. The molecule has 6 nitrogen and oxygen atoms in total. The van der Waals surface area contributed by atoms with Crippen LogP contribution < -0.4 is 9.46 Å². The number of hydrogen-bond acceptors (Lipinski definition) is 6. The fourth-order valence-corrected chi connectivity index (χ4v) is 4.21. The van der Waals surface area contributed by atoms with Gasteiger partial charge in [-0.25, -0.2) is 13.1 Å². The van der Waals surface area contributed by atoms with Crippen LogP contribution in [0, 0.1) is 0 Å². The van der Waals surface area contributed by atoms with Crippen molar-refractivity contribution >= 4 is 21.4 Å². The number of benzene rings is 1. The van der Waals surface area contributed by atoms with Gasteiger partial charge in [0, 0.05) is 24.6 Å². The Morgan fingerprint density at radius 1 is 1.25 bits per heavy atom. The zero-order valence-corrected chi connectivity index (χ0v) is 14.6. The molecule has 3 aromatic rings. The van der Waals surface area contributed by atoms with Crippen LogP contribution in [0.3, 0.4) is 0 Å². The number of nitrogens with zero attached hydrogens (tertiary/aromatic N) is 1. The normalized spacial score (nSPS) is 11.5. The SMILES string of the molecule is COc1cccc(-c2cc(CCNS(=O)(=O)c3cccs3)no2)c1. The van der Waals surface area contributed by atoms with Gasteiger partial charge in [0.25, 0.3) is 0 Å². The molecule has 126 valence electrons. The summed E-state index contributed by atoms with van der Waals surface area (Å²) in [6, 6.07) is 12.5. The third kappa shape index (κ3) is 3.84. The molecule has 0 saturated carbocycles. The number of hydrogen-bond donors (Lipinski definition) is 1. The standard InChI is InChI=1S/C16H16N2O4S2/c1-21-14-5-2-4-12(10-14)15-11-13(18-22-15)7-8-17-24(19,20)16-6-3-9-23-16/h2-6,9-11,17H,7-8H2,1H3. The van der Waals surface area contributed by atoms with Crippen molar-refractivity contribution in [2.24, 2.45) is 0 Å². The lowest BCUT2D eigenvalue weighted by molar-refractivity contribution is 0.412. The highest BCUT2D eigenvalue weighted by Gasteiger charge is 2.15. The van der Waals surface area contributed by atoms with Crippen LogP contribution in [0.25, 0.3) is 11.3 Å². The molecular formula is C16H16N2O4S2. The van der Waals surface area contributed by atoms with Crippen molar-refractivity contribution < 1.29 is 17.7 Å². The van der Waals surface area contributed by atoms with Crippen molar-refractivity contribution in [1.29, 1.82) is 0 Å². The molecule has 0 saturated heterocycles. The average molecular weight is 364 g/mol. The van der Waals surface area contributed by atoms with E-state index in [-0.39, 0.29) is 6.54 Å². The molecule has 0 spiro atoms. The minimum atomic E-state index is -3.45. The lowest BCUT2D eigenvalue weighted by atomic mass is 10.1. The van der Waals surface area contributed by atoms with E-state index in [0.29, 0.717) is 22.1 Å². The van der Waals surface area contributed by atoms with Gasteiger partial charge in [0.05, 0.1) is 12.8 Å². The van der Waals surface area contributed by atoms with Gasteiger partial charge in [-0.2, -0.15) is 0 Å². The summed E-state index contributed by atoms with van der Waals surface area (Å²) in [5.74, 6) is 1.35. The van der Waals surface area contributed by atoms with E-state index in [4.69, 9.17) is 9.26 Å². The van der Waals surface area contributed by atoms with Gasteiger partial charge >= 0.3 is 0 Å². The summed E-state index contributed by atoms with van der Waals surface area (Å²) in [6.45, 7) is 0.254. The maximum atomic E-state index is 12.0. The zero-order chi connectivity index (χ0) is 17.0. The van der Waals surface area contributed by atoms with Crippen LogP contribution in [0.2, 0.25) is 0 Å². The highest BCUT2D eigenvalue weighted by atomic mass is 32.2. The number of sulfonamides is 1. The van der Waals surface area contributed by atoms with Gasteiger partial charge in [-0.1, -0.05) is 23.4 Å². The van der Waals surface area contributed by atoms with E-state index in [2.05, 4.69) is 9.88 Å². The van der Waals surface area contributed by atoms with Crippen molar-refractivity contribution in [2.45, 2.75) is 10.6 Å².